The molecular weight excluding hydrogens is 180 g/mol. The Kier molecular flexibility index (Phi) is 3.51. The van der Waals surface area contributed by atoms with E-state index in [1.54, 1.807) is 19.1 Å². The molecule has 3 nitrogen and oxygen atoms in total. The van der Waals surface area contributed by atoms with Crippen molar-refractivity contribution in [2.24, 2.45) is 0 Å². The highest BCUT2D eigenvalue weighted by molar-refractivity contribution is 5.64. The summed E-state index contributed by atoms with van der Waals surface area (Å²) in [5.74, 6) is 0.528. The first kappa shape index (κ1) is 10.6. The number of hydrogen-bond acceptors (Lipinski definition) is 3. The van der Waals surface area contributed by atoms with Crippen LogP contribution in [0.15, 0.2) is 12.1 Å². The molecule has 0 aromatic heterocycles. The first-order valence-electron chi connectivity index (χ1n) is 4.47. The fraction of sp³-hybridized carbons (Fsp3) is 0.364. The van der Waals surface area contributed by atoms with Crippen molar-refractivity contribution in [3.63, 3.8) is 0 Å². The summed E-state index contributed by atoms with van der Waals surface area (Å²) >= 11 is 0. The summed E-state index contributed by atoms with van der Waals surface area (Å²) in [6.07, 6.45) is -0.666. The van der Waals surface area contributed by atoms with Crippen molar-refractivity contribution >= 4 is 6.16 Å². The number of carbonyl (C=O) groups is 1. The van der Waals surface area contributed by atoms with Crippen molar-refractivity contribution in [2.75, 3.05) is 6.61 Å². The molecule has 0 saturated heterocycles. The van der Waals surface area contributed by atoms with Gasteiger partial charge in [-0.05, 0) is 44.0 Å². The Hall–Kier alpha value is -1.51. The second kappa shape index (κ2) is 4.65. The van der Waals surface area contributed by atoms with Gasteiger partial charge in [-0.3, -0.25) is 0 Å². The molecule has 0 amide bonds. The molecule has 0 atom stereocenters. The molecule has 0 heterocycles. The van der Waals surface area contributed by atoms with E-state index in [4.69, 9.17) is 4.74 Å². The molecule has 0 spiro atoms. The number of rotatable bonds is 2. The van der Waals surface area contributed by atoms with E-state index in [0.29, 0.717) is 12.4 Å². The molecule has 3 heteroatoms. The standard InChI is InChI=1S/C11H13O3/c1-4-13-11(12)14-10-7-5-6-8(2)9(10)3/h5,7H,4H2,1-3H3. The minimum absolute atomic E-state index is 0.315. The van der Waals surface area contributed by atoms with Gasteiger partial charge in [-0.1, -0.05) is 6.07 Å². The lowest BCUT2D eigenvalue weighted by molar-refractivity contribution is 0.104. The molecule has 0 fully saturated rings. The molecule has 0 aliphatic heterocycles. The molecule has 0 N–H and O–H groups in total. The highest BCUT2D eigenvalue weighted by Crippen LogP contribution is 2.20. The van der Waals surface area contributed by atoms with Gasteiger partial charge < -0.3 is 9.47 Å². The predicted molar refractivity (Wildman–Crippen MR) is 52.4 cm³/mol. The lowest BCUT2D eigenvalue weighted by Gasteiger charge is -2.08. The molecule has 0 unspecified atom stereocenters. The van der Waals surface area contributed by atoms with E-state index < -0.39 is 6.16 Å². The average molecular weight is 193 g/mol. The van der Waals surface area contributed by atoms with Crippen LogP contribution in [0.2, 0.25) is 0 Å². The smallest absolute Gasteiger partial charge is 0.434 e. The Morgan fingerprint density at radius 2 is 2.21 bits per heavy atom. The highest BCUT2D eigenvalue weighted by atomic mass is 16.7. The molecular formula is C11H13O3. The van der Waals surface area contributed by atoms with Crippen LogP contribution in [0.1, 0.15) is 18.1 Å². The largest absolute Gasteiger partial charge is 0.513 e. The van der Waals surface area contributed by atoms with Gasteiger partial charge in [-0.15, -0.1) is 0 Å². The summed E-state index contributed by atoms with van der Waals surface area (Å²) in [4.78, 5) is 11.0. The Morgan fingerprint density at radius 3 is 2.86 bits per heavy atom. The quantitative estimate of drug-likeness (QED) is 0.535. The van der Waals surface area contributed by atoms with Gasteiger partial charge in [-0.2, -0.15) is 0 Å². The van der Waals surface area contributed by atoms with Gasteiger partial charge in [0.15, 0.2) is 0 Å². The number of ether oxygens (including phenoxy) is 2. The number of aryl methyl sites for hydroxylation is 1. The normalized spacial score (nSPS) is 9.64. The van der Waals surface area contributed by atoms with Gasteiger partial charge >= 0.3 is 6.16 Å². The van der Waals surface area contributed by atoms with Crippen LogP contribution >= 0.6 is 0 Å². The van der Waals surface area contributed by atoms with Crippen molar-refractivity contribution in [1.82, 2.24) is 0 Å². The predicted octanol–water partition coefficient (Wildman–Crippen LogP) is 2.64. The van der Waals surface area contributed by atoms with Gasteiger partial charge in [-0.25, -0.2) is 4.79 Å². The molecule has 0 saturated carbocycles. The second-order valence-corrected chi connectivity index (χ2v) is 2.88. The van der Waals surface area contributed by atoms with Crippen LogP contribution < -0.4 is 4.74 Å². The number of benzene rings is 1. The number of carbonyl (C=O) groups excluding carboxylic acids is 1. The molecule has 14 heavy (non-hydrogen) atoms. The van der Waals surface area contributed by atoms with Crippen LogP contribution in [0.25, 0.3) is 0 Å². The van der Waals surface area contributed by atoms with Crippen LogP contribution in [0.5, 0.6) is 5.75 Å². The van der Waals surface area contributed by atoms with Crippen LogP contribution in [0.4, 0.5) is 4.79 Å². The maximum Gasteiger partial charge on any atom is 0.513 e. The van der Waals surface area contributed by atoms with E-state index >= 15 is 0 Å². The van der Waals surface area contributed by atoms with E-state index in [1.165, 1.54) is 0 Å². The lowest BCUT2D eigenvalue weighted by atomic mass is 10.1. The first-order valence-corrected chi connectivity index (χ1v) is 4.47. The molecule has 0 bridgehead atoms. The van der Waals surface area contributed by atoms with Crippen LogP contribution in [-0.2, 0) is 4.74 Å². The van der Waals surface area contributed by atoms with Crippen molar-refractivity contribution in [1.29, 1.82) is 0 Å². The molecule has 1 aromatic rings. The fourth-order valence-electron chi connectivity index (χ4n) is 1.01. The molecule has 0 aliphatic carbocycles. The van der Waals surface area contributed by atoms with Gasteiger partial charge in [0.05, 0.1) is 6.61 Å². The average Bonchev–Trinajstić information content (AvgIpc) is 2.13. The topological polar surface area (TPSA) is 35.5 Å². The Balaban J connectivity index is 2.76. The van der Waals surface area contributed by atoms with Crippen LogP contribution in [-0.4, -0.2) is 12.8 Å². The summed E-state index contributed by atoms with van der Waals surface area (Å²) in [6, 6.07) is 6.43. The van der Waals surface area contributed by atoms with Gasteiger partial charge in [0.25, 0.3) is 0 Å². The number of hydrogen-bond donors (Lipinski definition) is 0. The summed E-state index contributed by atoms with van der Waals surface area (Å²) in [7, 11) is 0. The highest BCUT2D eigenvalue weighted by Gasteiger charge is 2.08. The van der Waals surface area contributed by atoms with Crippen LogP contribution in [0.3, 0.4) is 0 Å². The van der Waals surface area contributed by atoms with E-state index in [1.807, 2.05) is 13.8 Å². The maximum atomic E-state index is 11.0. The zero-order valence-electron chi connectivity index (χ0n) is 8.59. The van der Waals surface area contributed by atoms with Crippen molar-refractivity contribution in [3.8, 4) is 5.75 Å². The molecule has 1 radical (unpaired) electrons. The SMILES string of the molecule is CCOC(=O)Oc1cc[c]c(C)c1C. The van der Waals surface area contributed by atoms with Crippen LogP contribution in [0, 0.1) is 19.9 Å². The third-order valence-electron chi connectivity index (χ3n) is 1.92. The first-order chi connectivity index (χ1) is 6.65. The third kappa shape index (κ3) is 2.49. The van der Waals surface area contributed by atoms with E-state index in [-0.39, 0.29) is 0 Å². The summed E-state index contributed by atoms with van der Waals surface area (Å²) in [5, 5.41) is 0. The van der Waals surface area contributed by atoms with E-state index in [0.717, 1.165) is 11.1 Å². The fourth-order valence-corrected chi connectivity index (χ4v) is 1.01. The van der Waals surface area contributed by atoms with E-state index in [2.05, 4.69) is 10.8 Å². The zero-order chi connectivity index (χ0) is 10.6. The van der Waals surface area contributed by atoms with E-state index in [9.17, 15) is 4.79 Å². The monoisotopic (exact) mass is 193 g/mol. The third-order valence-corrected chi connectivity index (χ3v) is 1.92. The van der Waals surface area contributed by atoms with Crippen molar-refractivity contribution in [3.05, 3.63) is 29.3 Å². The molecule has 1 aromatic carbocycles. The molecule has 1 rings (SSSR count). The Morgan fingerprint density at radius 1 is 1.50 bits per heavy atom. The molecule has 0 aliphatic rings. The Bertz CT molecular complexity index is 331. The minimum Gasteiger partial charge on any atom is -0.434 e. The minimum atomic E-state index is -0.666. The maximum absolute atomic E-state index is 11.0. The second-order valence-electron chi connectivity index (χ2n) is 2.88. The molecule has 75 valence electrons. The Labute approximate surface area is 83.6 Å². The van der Waals surface area contributed by atoms with Gasteiger partial charge in [0.1, 0.15) is 5.75 Å². The van der Waals surface area contributed by atoms with Gasteiger partial charge in [0, 0.05) is 0 Å². The summed E-state index contributed by atoms with van der Waals surface area (Å²) in [5.41, 5.74) is 1.87. The summed E-state index contributed by atoms with van der Waals surface area (Å²) < 4.78 is 9.65. The zero-order valence-corrected chi connectivity index (χ0v) is 8.59. The van der Waals surface area contributed by atoms with Gasteiger partial charge in [0.2, 0.25) is 0 Å². The lowest BCUT2D eigenvalue weighted by Crippen LogP contribution is -2.11. The van der Waals surface area contributed by atoms with Crippen molar-refractivity contribution < 1.29 is 14.3 Å². The van der Waals surface area contributed by atoms with Crippen molar-refractivity contribution in [2.45, 2.75) is 20.8 Å². The summed E-state index contributed by atoms with van der Waals surface area (Å²) in [6.45, 7) is 5.84.